The highest BCUT2D eigenvalue weighted by Gasteiger charge is 2.02. The van der Waals surface area contributed by atoms with Gasteiger partial charge in [-0.3, -0.25) is 4.98 Å². The van der Waals surface area contributed by atoms with Crippen molar-refractivity contribution in [2.24, 2.45) is 0 Å². The minimum absolute atomic E-state index is 0.123. The molecule has 3 aromatic rings. The lowest BCUT2D eigenvalue weighted by atomic mass is 10.1. The number of aromatic nitrogens is 1. The van der Waals surface area contributed by atoms with E-state index in [0.29, 0.717) is 6.54 Å². The maximum atomic E-state index is 13.1. The molecule has 0 amide bonds. The Morgan fingerprint density at radius 1 is 1.10 bits per heavy atom. The smallest absolute Gasteiger partial charge is 0.141 e. The third kappa shape index (κ3) is 3.14. The van der Waals surface area contributed by atoms with E-state index in [1.807, 2.05) is 25.1 Å². The molecule has 0 aliphatic carbocycles. The summed E-state index contributed by atoms with van der Waals surface area (Å²) in [6, 6.07) is 14.8. The van der Waals surface area contributed by atoms with Gasteiger partial charge in [-0.05, 0) is 48.9 Å². The summed E-state index contributed by atoms with van der Waals surface area (Å²) in [5.74, 6) is -0.408. The van der Waals surface area contributed by atoms with Gasteiger partial charge in [-0.25, -0.2) is 4.39 Å². The highest BCUT2D eigenvalue weighted by Crippen LogP contribution is 2.20. The molecule has 4 heteroatoms. The quantitative estimate of drug-likeness (QED) is 0.740. The Morgan fingerprint density at radius 2 is 1.95 bits per heavy atom. The largest absolute Gasteiger partial charge is 0.381 e. The maximum Gasteiger partial charge on any atom is 0.141 e. The molecule has 0 saturated carbocycles. The molecule has 0 unspecified atom stereocenters. The van der Waals surface area contributed by atoms with Crippen LogP contribution >= 0.6 is 11.6 Å². The molecular weight excluding hydrogens is 287 g/mol. The number of nitrogens with zero attached hydrogens (tertiary/aromatic N) is 1. The first-order chi connectivity index (χ1) is 10.1. The summed E-state index contributed by atoms with van der Waals surface area (Å²) in [5, 5.41) is 4.47. The van der Waals surface area contributed by atoms with Gasteiger partial charge in [-0.2, -0.15) is 0 Å². The molecule has 0 aliphatic rings. The highest BCUT2D eigenvalue weighted by atomic mass is 35.5. The van der Waals surface area contributed by atoms with Crippen molar-refractivity contribution in [2.45, 2.75) is 13.5 Å². The van der Waals surface area contributed by atoms with E-state index < -0.39 is 5.82 Å². The van der Waals surface area contributed by atoms with E-state index in [0.717, 1.165) is 27.8 Å². The van der Waals surface area contributed by atoms with E-state index >= 15 is 0 Å². The van der Waals surface area contributed by atoms with E-state index in [9.17, 15) is 4.39 Å². The summed E-state index contributed by atoms with van der Waals surface area (Å²) in [6.45, 7) is 2.62. The molecule has 0 bridgehead atoms. The molecule has 1 heterocycles. The lowest BCUT2D eigenvalue weighted by Crippen LogP contribution is -1.99. The molecule has 0 radical (unpaired) electrons. The fourth-order valence-electron chi connectivity index (χ4n) is 2.20. The van der Waals surface area contributed by atoms with Gasteiger partial charge in [0.25, 0.3) is 0 Å². The van der Waals surface area contributed by atoms with Gasteiger partial charge in [0.05, 0.1) is 10.5 Å². The van der Waals surface area contributed by atoms with Gasteiger partial charge in [-0.1, -0.05) is 23.7 Å². The molecule has 21 heavy (non-hydrogen) atoms. The average molecular weight is 301 g/mol. The van der Waals surface area contributed by atoms with Crippen molar-refractivity contribution < 1.29 is 4.39 Å². The molecule has 0 fully saturated rings. The standard InChI is InChI=1S/C17H14ClFN2/c1-11-2-4-13-8-12(3-7-17(13)21-11)10-20-14-5-6-16(19)15(18)9-14/h2-9,20H,10H2,1H3. The van der Waals surface area contributed by atoms with E-state index in [1.54, 1.807) is 12.1 Å². The Balaban J connectivity index is 1.78. The van der Waals surface area contributed by atoms with E-state index in [-0.39, 0.29) is 5.02 Å². The van der Waals surface area contributed by atoms with Crippen LogP contribution in [0, 0.1) is 12.7 Å². The predicted octanol–water partition coefficient (Wildman–Crippen LogP) is 4.95. The molecule has 1 N–H and O–H groups in total. The lowest BCUT2D eigenvalue weighted by molar-refractivity contribution is 0.628. The molecule has 2 nitrogen and oxygen atoms in total. The van der Waals surface area contributed by atoms with Gasteiger partial charge in [0.2, 0.25) is 0 Å². The topological polar surface area (TPSA) is 24.9 Å². The minimum atomic E-state index is -0.408. The second kappa shape index (κ2) is 5.70. The average Bonchev–Trinajstić information content (AvgIpc) is 2.48. The Hall–Kier alpha value is -2.13. The summed E-state index contributed by atoms with van der Waals surface area (Å²) in [7, 11) is 0. The van der Waals surface area contributed by atoms with Crippen LogP contribution in [0.1, 0.15) is 11.3 Å². The van der Waals surface area contributed by atoms with Crippen molar-refractivity contribution in [3.8, 4) is 0 Å². The van der Waals surface area contributed by atoms with Crippen LogP contribution in [-0.4, -0.2) is 4.98 Å². The van der Waals surface area contributed by atoms with Crippen LogP contribution in [0.4, 0.5) is 10.1 Å². The Kier molecular flexibility index (Phi) is 3.76. The van der Waals surface area contributed by atoms with Gasteiger partial charge in [0.15, 0.2) is 0 Å². The fraction of sp³-hybridized carbons (Fsp3) is 0.118. The number of hydrogen-bond acceptors (Lipinski definition) is 2. The van der Waals surface area contributed by atoms with Gasteiger partial charge >= 0.3 is 0 Å². The van der Waals surface area contributed by atoms with Crippen LogP contribution in [0.5, 0.6) is 0 Å². The SMILES string of the molecule is Cc1ccc2cc(CNc3ccc(F)c(Cl)c3)ccc2n1. The summed E-state index contributed by atoms with van der Waals surface area (Å²) in [5.41, 5.74) is 3.93. The van der Waals surface area contributed by atoms with Crippen LogP contribution in [0.25, 0.3) is 10.9 Å². The Bertz CT molecular complexity index is 802. The van der Waals surface area contributed by atoms with Crippen molar-refractivity contribution in [1.29, 1.82) is 0 Å². The number of nitrogens with one attached hydrogen (secondary N) is 1. The summed E-state index contributed by atoms with van der Waals surface area (Å²) < 4.78 is 13.1. The zero-order valence-corrected chi connectivity index (χ0v) is 12.3. The summed E-state index contributed by atoms with van der Waals surface area (Å²) in [6.07, 6.45) is 0. The predicted molar refractivity (Wildman–Crippen MR) is 85.2 cm³/mol. The third-order valence-corrected chi connectivity index (χ3v) is 3.60. The number of benzene rings is 2. The van der Waals surface area contributed by atoms with Gasteiger partial charge in [0, 0.05) is 23.3 Å². The second-order valence-electron chi connectivity index (χ2n) is 4.96. The zero-order valence-electron chi connectivity index (χ0n) is 11.5. The van der Waals surface area contributed by atoms with Crippen LogP contribution < -0.4 is 5.32 Å². The molecule has 0 aliphatic heterocycles. The fourth-order valence-corrected chi connectivity index (χ4v) is 2.38. The molecule has 0 spiro atoms. The minimum Gasteiger partial charge on any atom is -0.381 e. The van der Waals surface area contributed by atoms with Crippen molar-refractivity contribution in [2.75, 3.05) is 5.32 Å². The molecule has 1 aromatic heterocycles. The van der Waals surface area contributed by atoms with Crippen LogP contribution in [-0.2, 0) is 6.54 Å². The van der Waals surface area contributed by atoms with Gasteiger partial charge in [-0.15, -0.1) is 0 Å². The maximum absolute atomic E-state index is 13.1. The molecule has 0 atom stereocenters. The normalized spacial score (nSPS) is 10.8. The molecular formula is C17H14ClFN2. The lowest BCUT2D eigenvalue weighted by Gasteiger charge is -2.08. The Labute approximate surface area is 127 Å². The van der Waals surface area contributed by atoms with Crippen molar-refractivity contribution >= 4 is 28.2 Å². The number of fused-ring (bicyclic) bond motifs is 1. The number of halogens is 2. The summed E-state index contributed by atoms with van der Waals surface area (Å²) >= 11 is 5.77. The Morgan fingerprint density at radius 3 is 2.76 bits per heavy atom. The van der Waals surface area contributed by atoms with Gasteiger partial charge < -0.3 is 5.32 Å². The third-order valence-electron chi connectivity index (χ3n) is 3.31. The number of hydrogen-bond donors (Lipinski definition) is 1. The molecule has 0 saturated heterocycles. The zero-order chi connectivity index (χ0) is 14.8. The van der Waals surface area contributed by atoms with Crippen molar-refractivity contribution in [3.05, 3.63) is 70.6 Å². The van der Waals surface area contributed by atoms with Crippen LogP contribution in [0.15, 0.2) is 48.5 Å². The number of anilines is 1. The molecule has 2 aromatic carbocycles. The van der Waals surface area contributed by atoms with E-state index in [2.05, 4.69) is 22.4 Å². The van der Waals surface area contributed by atoms with E-state index in [1.165, 1.54) is 6.07 Å². The van der Waals surface area contributed by atoms with E-state index in [4.69, 9.17) is 11.6 Å². The first kappa shape index (κ1) is 13.8. The first-order valence-electron chi connectivity index (χ1n) is 6.67. The summed E-state index contributed by atoms with van der Waals surface area (Å²) in [4.78, 5) is 4.48. The highest BCUT2D eigenvalue weighted by molar-refractivity contribution is 6.31. The van der Waals surface area contributed by atoms with Crippen LogP contribution in [0.2, 0.25) is 5.02 Å². The number of rotatable bonds is 3. The molecule has 3 rings (SSSR count). The monoisotopic (exact) mass is 300 g/mol. The second-order valence-corrected chi connectivity index (χ2v) is 5.37. The number of pyridine rings is 1. The molecule has 106 valence electrons. The van der Waals surface area contributed by atoms with Crippen molar-refractivity contribution in [1.82, 2.24) is 4.98 Å². The van der Waals surface area contributed by atoms with Gasteiger partial charge in [0.1, 0.15) is 5.82 Å². The first-order valence-corrected chi connectivity index (χ1v) is 7.05. The number of aryl methyl sites for hydroxylation is 1. The van der Waals surface area contributed by atoms with Crippen molar-refractivity contribution in [3.63, 3.8) is 0 Å². The van der Waals surface area contributed by atoms with Crippen LogP contribution in [0.3, 0.4) is 0 Å².